The zero-order chi connectivity index (χ0) is 18.5. The number of hydrogen-bond acceptors (Lipinski definition) is 4. The van der Waals surface area contributed by atoms with Crippen molar-refractivity contribution in [2.24, 2.45) is 5.10 Å². The van der Waals surface area contributed by atoms with Crippen molar-refractivity contribution in [1.82, 2.24) is 9.99 Å². The van der Waals surface area contributed by atoms with Gasteiger partial charge in [0, 0.05) is 33.2 Å². The second-order valence-corrected chi connectivity index (χ2v) is 6.53. The van der Waals surface area contributed by atoms with Crippen LogP contribution in [0.3, 0.4) is 0 Å². The number of carbonyl (C=O) groups excluding carboxylic acids is 1. The standard InChI is InChI=1S/C18H13IN4O3/c19-14-4-1-3-13(11-14)18(24)21-20-12-17-5-2-10-22(17)15-6-8-16(9-7-15)23(25)26/h1-12H,(H,21,24)/b20-12+. The monoisotopic (exact) mass is 460 g/mol. The molecular weight excluding hydrogens is 447 g/mol. The molecule has 26 heavy (non-hydrogen) atoms. The van der Waals surface area contributed by atoms with Gasteiger partial charge in [-0.15, -0.1) is 0 Å². The van der Waals surface area contributed by atoms with E-state index in [0.29, 0.717) is 5.56 Å². The number of nitro groups is 1. The molecule has 1 aromatic heterocycles. The Morgan fingerprint density at radius 1 is 1.15 bits per heavy atom. The van der Waals surface area contributed by atoms with E-state index in [-0.39, 0.29) is 11.6 Å². The summed E-state index contributed by atoms with van der Waals surface area (Å²) in [4.78, 5) is 22.4. The van der Waals surface area contributed by atoms with Crippen molar-refractivity contribution in [3.05, 3.63) is 91.8 Å². The summed E-state index contributed by atoms with van der Waals surface area (Å²) in [6.45, 7) is 0. The lowest BCUT2D eigenvalue weighted by atomic mass is 10.2. The maximum atomic E-state index is 12.1. The smallest absolute Gasteiger partial charge is 0.271 e. The molecule has 130 valence electrons. The predicted octanol–water partition coefficient (Wildman–Crippen LogP) is 3.75. The normalized spacial score (nSPS) is 10.8. The van der Waals surface area contributed by atoms with Crippen LogP contribution in [0, 0.1) is 13.7 Å². The van der Waals surface area contributed by atoms with E-state index < -0.39 is 4.92 Å². The minimum absolute atomic E-state index is 0.0286. The number of hydrazone groups is 1. The summed E-state index contributed by atoms with van der Waals surface area (Å²) in [7, 11) is 0. The van der Waals surface area contributed by atoms with Crippen LogP contribution >= 0.6 is 22.6 Å². The largest absolute Gasteiger partial charge is 0.316 e. The van der Waals surface area contributed by atoms with Gasteiger partial charge in [0.15, 0.2) is 0 Å². The summed E-state index contributed by atoms with van der Waals surface area (Å²) in [5.41, 5.74) is 4.53. The molecule has 8 heteroatoms. The number of carbonyl (C=O) groups is 1. The van der Waals surface area contributed by atoms with Crippen molar-refractivity contribution in [3.8, 4) is 5.69 Å². The average Bonchev–Trinajstić information content (AvgIpc) is 3.10. The van der Waals surface area contributed by atoms with E-state index in [9.17, 15) is 14.9 Å². The van der Waals surface area contributed by atoms with Crippen molar-refractivity contribution < 1.29 is 9.72 Å². The van der Waals surface area contributed by atoms with Crippen LogP contribution in [0.1, 0.15) is 16.1 Å². The molecule has 3 aromatic rings. The van der Waals surface area contributed by atoms with E-state index >= 15 is 0 Å². The molecule has 7 nitrogen and oxygen atoms in total. The number of rotatable bonds is 5. The Morgan fingerprint density at radius 3 is 2.62 bits per heavy atom. The number of nitro benzene ring substituents is 1. The van der Waals surface area contributed by atoms with Gasteiger partial charge in [-0.1, -0.05) is 6.07 Å². The van der Waals surface area contributed by atoms with Gasteiger partial charge in [-0.3, -0.25) is 14.9 Å². The summed E-state index contributed by atoms with van der Waals surface area (Å²) in [5, 5.41) is 14.7. The van der Waals surface area contributed by atoms with Crippen LogP contribution in [0.5, 0.6) is 0 Å². The lowest BCUT2D eigenvalue weighted by molar-refractivity contribution is -0.384. The van der Waals surface area contributed by atoms with Gasteiger partial charge in [0.25, 0.3) is 11.6 Å². The van der Waals surface area contributed by atoms with E-state index in [1.807, 2.05) is 29.0 Å². The fourth-order valence-electron chi connectivity index (χ4n) is 2.32. The van der Waals surface area contributed by atoms with Gasteiger partial charge in [-0.25, -0.2) is 5.43 Å². The Morgan fingerprint density at radius 2 is 1.92 bits per heavy atom. The molecule has 1 N–H and O–H groups in total. The van der Waals surface area contributed by atoms with Crippen molar-refractivity contribution >= 4 is 40.4 Å². The molecule has 0 spiro atoms. The Bertz CT molecular complexity index is 980. The number of amides is 1. The van der Waals surface area contributed by atoms with Gasteiger partial charge in [0.05, 0.1) is 16.8 Å². The second kappa shape index (κ2) is 7.91. The van der Waals surface area contributed by atoms with Crippen LogP contribution < -0.4 is 5.43 Å². The Hall–Kier alpha value is -3.01. The number of halogens is 1. The first kappa shape index (κ1) is 17.8. The first-order valence-corrected chi connectivity index (χ1v) is 8.63. The van der Waals surface area contributed by atoms with Crippen molar-refractivity contribution in [1.29, 1.82) is 0 Å². The van der Waals surface area contributed by atoms with Crippen LogP contribution in [0.15, 0.2) is 72.0 Å². The molecule has 2 aromatic carbocycles. The summed E-state index contributed by atoms with van der Waals surface area (Å²) >= 11 is 2.14. The van der Waals surface area contributed by atoms with E-state index in [0.717, 1.165) is 15.0 Å². The molecule has 0 unspecified atom stereocenters. The van der Waals surface area contributed by atoms with E-state index in [2.05, 4.69) is 33.1 Å². The third-order valence-corrected chi connectivity index (χ3v) is 4.24. The molecule has 0 bridgehead atoms. The molecular formula is C18H13IN4O3. The molecule has 0 saturated carbocycles. The molecule has 3 rings (SSSR count). The Balaban J connectivity index is 1.73. The molecule has 0 atom stereocenters. The third kappa shape index (κ3) is 4.14. The molecule has 0 fully saturated rings. The van der Waals surface area contributed by atoms with Crippen molar-refractivity contribution in [2.45, 2.75) is 0 Å². The topological polar surface area (TPSA) is 89.5 Å². The van der Waals surface area contributed by atoms with Crippen molar-refractivity contribution in [3.63, 3.8) is 0 Å². The number of benzene rings is 2. The Labute approximate surface area is 162 Å². The number of nitrogens with one attached hydrogen (secondary N) is 1. The lowest BCUT2D eigenvalue weighted by Crippen LogP contribution is -2.17. The van der Waals surface area contributed by atoms with E-state index in [4.69, 9.17) is 0 Å². The quantitative estimate of drug-likeness (QED) is 0.272. The highest BCUT2D eigenvalue weighted by Gasteiger charge is 2.07. The third-order valence-electron chi connectivity index (χ3n) is 3.57. The maximum Gasteiger partial charge on any atom is 0.271 e. The van der Waals surface area contributed by atoms with Crippen LogP contribution in [0.25, 0.3) is 5.69 Å². The fraction of sp³-hybridized carbons (Fsp3) is 0. The number of nitrogens with zero attached hydrogens (tertiary/aromatic N) is 3. The molecule has 1 amide bonds. The van der Waals surface area contributed by atoms with Crippen molar-refractivity contribution in [2.75, 3.05) is 0 Å². The number of aromatic nitrogens is 1. The number of non-ortho nitro benzene ring substituents is 1. The maximum absolute atomic E-state index is 12.1. The van der Waals surface area contributed by atoms with Crippen LogP contribution in [0.2, 0.25) is 0 Å². The average molecular weight is 460 g/mol. The zero-order valence-electron chi connectivity index (χ0n) is 13.4. The predicted molar refractivity (Wildman–Crippen MR) is 107 cm³/mol. The number of hydrogen-bond donors (Lipinski definition) is 1. The minimum atomic E-state index is -0.442. The second-order valence-electron chi connectivity index (χ2n) is 5.29. The Kier molecular flexibility index (Phi) is 5.42. The SMILES string of the molecule is O=C(N/N=C/c1cccn1-c1ccc([N+](=O)[O-])cc1)c1cccc(I)c1. The highest BCUT2D eigenvalue weighted by atomic mass is 127. The molecule has 1 heterocycles. The summed E-state index contributed by atoms with van der Waals surface area (Å²) in [6.07, 6.45) is 3.33. The zero-order valence-corrected chi connectivity index (χ0v) is 15.5. The summed E-state index contributed by atoms with van der Waals surface area (Å²) < 4.78 is 2.77. The summed E-state index contributed by atoms with van der Waals surface area (Å²) in [6, 6.07) is 17.0. The molecule has 0 aliphatic heterocycles. The minimum Gasteiger partial charge on any atom is -0.316 e. The molecule has 0 radical (unpaired) electrons. The first-order chi connectivity index (χ1) is 12.5. The van der Waals surface area contributed by atoms with Crippen LogP contribution in [0.4, 0.5) is 5.69 Å². The highest BCUT2D eigenvalue weighted by molar-refractivity contribution is 14.1. The molecule has 0 saturated heterocycles. The molecule has 0 aliphatic rings. The van der Waals surface area contributed by atoms with Crippen LogP contribution in [-0.4, -0.2) is 21.6 Å². The van der Waals surface area contributed by atoms with Gasteiger partial charge in [-0.05, 0) is 65.1 Å². The molecule has 0 aliphatic carbocycles. The van der Waals surface area contributed by atoms with Gasteiger partial charge < -0.3 is 4.57 Å². The fourth-order valence-corrected chi connectivity index (χ4v) is 2.86. The van der Waals surface area contributed by atoms with Gasteiger partial charge >= 0.3 is 0 Å². The highest BCUT2D eigenvalue weighted by Crippen LogP contribution is 2.17. The lowest BCUT2D eigenvalue weighted by Gasteiger charge is -2.06. The van der Waals surface area contributed by atoms with E-state index in [1.165, 1.54) is 18.3 Å². The van der Waals surface area contributed by atoms with E-state index in [1.54, 1.807) is 30.3 Å². The van der Waals surface area contributed by atoms with Gasteiger partial charge in [-0.2, -0.15) is 5.10 Å². The van der Waals surface area contributed by atoms with Gasteiger partial charge in [0.1, 0.15) is 0 Å². The first-order valence-electron chi connectivity index (χ1n) is 7.56. The summed E-state index contributed by atoms with van der Waals surface area (Å²) in [5.74, 6) is -0.298. The van der Waals surface area contributed by atoms with Gasteiger partial charge in [0.2, 0.25) is 0 Å². The van der Waals surface area contributed by atoms with Crippen LogP contribution in [-0.2, 0) is 0 Å².